The van der Waals surface area contributed by atoms with Crippen LogP contribution in [0.15, 0.2) is 31.0 Å². The number of aromatic nitrogens is 6. The van der Waals surface area contributed by atoms with Crippen LogP contribution in [0, 0.1) is 0 Å². The Bertz CT molecular complexity index is 850. The lowest BCUT2D eigenvalue weighted by molar-refractivity contribution is 0.366. The van der Waals surface area contributed by atoms with Gasteiger partial charge in [0.25, 0.3) is 0 Å². The van der Waals surface area contributed by atoms with Gasteiger partial charge in [-0.15, -0.1) is 0 Å². The average molecular weight is 323 g/mol. The van der Waals surface area contributed by atoms with Crippen LogP contribution in [0.2, 0.25) is 0 Å². The second-order valence-electron chi connectivity index (χ2n) is 7.12. The van der Waals surface area contributed by atoms with E-state index in [4.69, 9.17) is 0 Å². The van der Waals surface area contributed by atoms with Crippen LogP contribution in [-0.4, -0.2) is 36.3 Å². The van der Waals surface area contributed by atoms with Crippen molar-refractivity contribution < 1.29 is 0 Å². The zero-order valence-electron chi connectivity index (χ0n) is 14.2. The van der Waals surface area contributed by atoms with Gasteiger partial charge in [0.1, 0.15) is 12.1 Å². The van der Waals surface area contributed by atoms with E-state index in [1.807, 2.05) is 16.9 Å². The minimum atomic E-state index is -0.125. The fraction of sp³-hybridized carbons (Fsp3) is 0.471. The Morgan fingerprint density at radius 2 is 1.88 bits per heavy atom. The van der Waals surface area contributed by atoms with Gasteiger partial charge in [-0.1, -0.05) is 0 Å². The normalized spacial score (nSPS) is 18.5. The third kappa shape index (κ3) is 2.40. The Balaban J connectivity index is 1.80. The molecule has 0 aliphatic carbocycles. The van der Waals surface area contributed by atoms with Gasteiger partial charge in [-0.3, -0.25) is 0 Å². The first kappa shape index (κ1) is 15.0. The van der Waals surface area contributed by atoms with Crippen molar-refractivity contribution in [3.63, 3.8) is 0 Å². The summed E-state index contributed by atoms with van der Waals surface area (Å²) in [5.74, 6) is 1.77. The Morgan fingerprint density at radius 3 is 2.62 bits per heavy atom. The van der Waals surface area contributed by atoms with Gasteiger partial charge in [0.15, 0.2) is 11.5 Å². The summed E-state index contributed by atoms with van der Waals surface area (Å²) in [6.07, 6.45) is 9.22. The molecule has 0 spiro atoms. The molecule has 7 nitrogen and oxygen atoms in total. The molecular formula is C17H21N7. The maximum absolute atomic E-state index is 4.57. The molecule has 0 saturated carbocycles. The van der Waals surface area contributed by atoms with Crippen LogP contribution in [0.4, 0.5) is 5.82 Å². The quantitative estimate of drug-likeness (QED) is 0.722. The molecule has 1 unspecified atom stereocenters. The molecule has 0 N–H and O–H groups in total. The standard InChI is InChI=1S/C17H21N7/c1-17(2,3)24-16-12(10-22-24)15(20-11-21-16)23-9-4-6-13(23)14-18-7-5-8-19-14/h5,7-8,10-11,13H,4,6,9H2,1-3H3. The number of hydrogen-bond acceptors (Lipinski definition) is 6. The summed E-state index contributed by atoms with van der Waals surface area (Å²) in [7, 11) is 0. The van der Waals surface area contributed by atoms with Crippen molar-refractivity contribution in [1.82, 2.24) is 29.7 Å². The van der Waals surface area contributed by atoms with E-state index >= 15 is 0 Å². The smallest absolute Gasteiger partial charge is 0.163 e. The highest BCUT2D eigenvalue weighted by Gasteiger charge is 2.31. The first-order chi connectivity index (χ1) is 11.6. The van der Waals surface area contributed by atoms with E-state index < -0.39 is 0 Å². The van der Waals surface area contributed by atoms with Crippen LogP contribution in [0.1, 0.15) is 45.5 Å². The monoisotopic (exact) mass is 323 g/mol. The molecule has 0 aromatic carbocycles. The number of fused-ring (bicyclic) bond motifs is 1. The summed E-state index contributed by atoms with van der Waals surface area (Å²) in [6, 6.07) is 2.00. The van der Waals surface area contributed by atoms with Gasteiger partial charge in [-0.05, 0) is 39.7 Å². The van der Waals surface area contributed by atoms with Crippen LogP contribution >= 0.6 is 0 Å². The van der Waals surface area contributed by atoms with Gasteiger partial charge in [0, 0.05) is 18.9 Å². The molecule has 124 valence electrons. The minimum absolute atomic E-state index is 0.125. The summed E-state index contributed by atoms with van der Waals surface area (Å²) in [5, 5.41) is 5.53. The van der Waals surface area contributed by atoms with Crippen LogP contribution < -0.4 is 4.90 Å². The van der Waals surface area contributed by atoms with E-state index in [0.29, 0.717) is 0 Å². The first-order valence-corrected chi connectivity index (χ1v) is 8.28. The fourth-order valence-electron chi connectivity index (χ4n) is 3.32. The topological polar surface area (TPSA) is 72.6 Å². The van der Waals surface area contributed by atoms with Gasteiger partial charge < -0.3 is 4.90 Å². The first-order valence-electron chi connectivity index (χ1n) is 8.28. The van der Waals surface area contributed by atoms with E-state index in [2.05, 4.69) is 50.7 Å². The molecule has 7 heteroatoms. The third-order valence-corrected chi connectivity index (χ3v) is 4.39. The highest BCUT2D eigenvalue weighted by atomic mass is 15.3. The second kappa shape index (κ2) is 5.51. The highest BCUT2D eigenvalue weighted by molar-refractivity contribution is 5.87. The zero-order valence-corrected chi connectivity index (χ0v) is 14.2. The van der Waals surface area contributed by atoms with Crippen LogP contribution in [0.5, 0.6) is 0 Å². The van der Waals surface area contributed by atoms with E-state index in [0.717, 1.165) is 42.1 Å². The summed E-state index contributed by atoms with van der Waals surface area (Å²) < 4.78 is 1.96. The predicted molar refractivity (Wildman–Crippen MR) is 91.7 cm³/mol. The number of nitrogens with zero attached hydrogens (tertiary/aromatic N) is 7. The molecule has 1 aliphatic rings. The van der Waals surface area contributed by atoms with Crippen LogP contribution in [0.3, 0.4) is 0 Å². The molecular weight excluding hydrogens is 302 g/mol. The molecule has 4 rings (SSSR count). The summed E-state index contributed by atoms with van der Waals surface area (Å²) in [5.41, 5.74) is 0.743. The summed E-state index contributed by atoms with van der Waals surface area (Å²) in [4.78, 5) is 20.2. The van der Waals surface area contributed by atoms with Gasteiger partial charge in [0.2, 0.25) is 0 Å². The number of anilines is 1. The van der Waals surface area contributed by atoms with Crippen molar-refractivity contribution in [1.29, 1.82) is 0 Å². The predicted octanol–water partition coefficient (Wildman–Crippen LogP) is 2.71. The molecule has 24 heavy (non-hydrogen) atoms. The van der Waals surface area contributed by atoms with Gasteiger partial charge in [-0.25, -0.2) is 24.6 Å². The lowest BCUT2D eigenvalue weighted by atomic mass is 10.1. The van der Waals surface area contributed by atoms with E-state index in [1.54, 1.807) is 18.7 Å². The molecule has 3 aromatic rings. The maximum atomic E-state index is 4.57. The summed E-state index contributed by atoms with van der Waals surface area (Å²) >= 11 is 0. The Morgan fingerprint density at radius 1 is 1.08 bits per heavy atom. The van der Waals surface area contributed by atoms with Crippen molar-refractivity contribution in [3.8, 4) is 0 Å². The molecule has 0 bridgehead atoms. The largest absolute Gasteiger partial charge is 0.346 e. The highest BCUT2D eigenvalue weighted by Crippen LogP contribution is 2.36. The second-order valence-corrected chi connectivity index (χ2v) is 7.12. The van der Waals surface area contributed by atoms with Crippen molar-refractivity contribution in [3.05, 3.63) is 36.8 Å². The van der Waals surface area contributed by atoms with Gasteiger partial charge in [0.05, 0.1) is 23.2 Å². The van der Waals surface area contributed by atoms with Crippen LogP contribution in [0.25, 0.3) is 11.0 Å². The molecule has 0 amide bonds. The summed E-state index contributed by atoms with van der Waals surface area (Å²) in [6.45, 7) is 7.31. The molecule has 1 atom stereocenters. The molecule has 1 saturated heterocycles. The third-order valence-electron chi connectivity index (χ3n) is 4.39. The Kier molecular flexibility index (Phi) is 3.44. The van der Waals surface area contributed by atoms with Crippen LogP contribution in [-0.2, 0) is 5.54 Å². The van der Waals surface area contributed by atoms with Gasteiger partial charge >= 0.3 is 0 Å². The van der Waals surface area contributed by atoms with E-state index in [-0.39, 0.29) is 11.6 Å². The molecule has 1 aliphatic heterocycles. The molecule has 4 heterocycles. The van der Waals surface area contributed by atoms with Crippen molar-refractivity contribution >= 4 is 16.9 Å². The number of rotatable bonds is 2. The van der Waals surface area contributed by atoms with E-state index in [1.165, 1.54) is 0 Å². The SMILES string of the molecule is CC(C)(C)n1ncc2c(N3CCCC3c3ncccn3)ncnc21. The van der Waals surface area contributed by atoms with Crippen molar-refractivity contribution in [2.75, 3.05) is 11.4 Å². The van der Waals surface area contributed by atoms with E-state index in [9.17, 15) is 0 Å². The number of hydrogen-bond donors (Lipinski definition) is 0. The lowest BCUT2D eigenvalue weighted by Gasteiger charge is -2.25. The Labute approximate surface area is 140 Å². The maximum Gasteiger partial charge on any atom is 0.163 e. The zero-order chi connectivity index (χ0) is 16.7. The molecule has 3 aromatic heterocycles. The molecule has 0 radical (unpaired) electrons. The van der Waals surface area contributed by atoms with Gasteiger partial charge in [-0.2, -0.15) is 5.10 Å². The van der Waals surface area contributed by atoms with Crippen molar-refractivity contribution in [2.24, 2.45) is 0 Å². The minimum Gasteiger partial charge on any atom is -0.346 e. The van der Waals surface area contributed by atoms with Crippen molar-refractivity contribution in [2.45, 2.75) is 45.2 Å². The average Bonchev–Trinajstić information content (AvgIpc) is 3.21. The lowest BCUT2D eigenvalue weighted by Crippen LogP contribution is -2.26. The molecule has 1 fully saturated rings. The Hall–Kier alpha value is -2.57. The fourth-order valence-corrected chi connectivity index (χ4v) is 3.32.